The van der Waals surface area contributed by atoms with E-state index in [4.69, 9.17) is 0 Å². The van der Waals surface area contributed by atoms with Crippen LogP contribution in [0.4, 0.5) is 0 Å². The van der Waals surface area contributed by atoms with Crippen LogP contribution in [0.1, 0.15) is 24.1 Å². The third-order valence-corrected chi connectivity index (χ3v) is 3.87. The highest BCUT2D eigenvalue weighted by atomic mass is 79.9. The van der Waals surface area contributed by atoms with Crippen molar-refractivity contribution in [2.45, 2.75) is 32.4 Å². The second-order valence-corrected chi connectivity index (χ2v) is 5.71. The summed E-state index contributed by atoms with van der Waals surface area (Å²) in [5, 5.41) is 8.00. The molecule has 3 rings (SSSR count). The summed E-state index contributed by atoms with van der Waals surface area (Å²) in [6, 6.07) is 8.96. The highest BCUT2D eigenvalue weighted by molar-refractivity contribution is 9.10. The number of hydrogen-bond donors (Lipinski definition) is 1. The quantitative estimate of drug-likeness (QED) is 0.940. The zero-order valence-electron chi connectivity index (χ0n) is 10.4. The van der Waals surface area contributed by atoms with Crippen molar-refractivity contribution < 1.29 is 0 Å². The van der Waals surface area contributed by atoms with Gasteiger partial charge in [-0.3, -0.25) is 0 Å². The lowest BCUT2D eigenvalue weighted by molar-refractivity contribution is 0.684. The Labute approximate surface area is 115 Å². The largest absolute Gasteiger partial charge is 0.310 e. The molecule has 94 valence electrons. The molecular weight excluding hydrogens is 290 g/mol. The van der Waals surface area contributed by atoms with Crippen LogP contribution in [0, 0.1) is 6.92 Å². The van der Waals surface area contributed by atoms with E-state index in [1.54, 1.807) is 0 Å². The normalized spacial score (nSPS) is 15.0. The Hall–Kier alpha value is -1.13. The standard InChI is InChI=1S/C14H16BrN3/c1-10-11(8-16-13-4-5-13)9-17-18(10)14-6-2-12(15)3-7-14/h2-3,6-7,9,13,16H,4-5,8H2,1H3. The van der Waals surface area contributed by atoms with E-state index in [9.17, 15) is 0 Å². The predicted molar refractivity (Wildman–Crippen MR) is 75.9 cm³/mol. The summed E-state index contributed by atoms with van der Waals surface area (Å²) >= 11 is 3.45. The molecule has 0 spiro atoms. The van der Waals surface area contributed by atoms with Crippen molar-refractivity contribution in [1.82, 2.24) is 15.1 Å². The van der Waals surface area contributed by atoms with Crippen molar-refractivity contribution >= 4 is 15.9 Å². The maximum Gasteiger partial charge on any atom is 0.0649 e. The summed E-state index contributed by atoms with van der Waals surface area (Å²) in [7, 11) is 0. The van der Waals surface area contributed by atoms with E-state index in [0.717, 1.165) is 22.7 Å². The van der Waals surface area contributed by atoms with Crippen LogP contribution in [0.5, 0.6) is 0 Å². The average molecular weight is 306 g/mol. The van der Waals surface area contributed by atoms with Crippen LogP contribution in [-0.4, -0.2) is 15.8 Å². The lowest BCUT2D eigenvalue weighted by Gasteiger charge is -2.06. The summed E-state index contributed by atoms with van der Waals surface area (Å²) in [5.74, 6) is 0. The smallest absolute Gasteiger partial charge is 0.0649 e. The minimum absolute atomic E-state index is 0.737. The molecule has 0 unspecified atom stereocenters. The molecule has 1 heterocycles. The predicted octanol–water partition coefficient (Wildman–Crippen LogP) is 3.20. The van der Waals surface area contributed by atoms with Crippen molar-refractivity contribution in [3.63, 3.8) is 0 Å². The first-order valence-electron chi connectivity index (χ1n) is 6.27. The summed E-state index contributed by atoms with van der Waals surface area (Å²) < 4.78 is 3.09. The number of hydrogen-bond acceptors (Lipinski definition) is 2. The molecule has 2 aromatic rings. The Morgan fingerprint density at radius 2 is 2.06 bits per heavy atom. The molecule has 0 atom stereocenters. The lowest BCUT2D eigenvalue weighted by atomic mass is 10.2. The molecule has 1 aliphatic carbocycles. The Morgan fingerprint density at radius 3 is 2.72 bits per heavy atom. The van der Waals surface area contributed by atoms with Crippen LogP contribution < -0.4 is 5.32 Å². The van der Waals surface area contributed by atoms with Gasteiger partial charge >= 0.3 is 0 Å². The number of aromatic nitrogens is 2. The van der Waals surface area contributed by atoms with Gasteiger partial charge in [-0.15, -0.1) is 0 Å². The van der Waals surface area contributed by atoms with Crippen molar-refractivity contribution in [3.05, 3.63) is 46.2 Å². The van der Waals surface area contributed by atoms with Gasteiger partial charge in [0.05, 0.1) is 11.9 Å². The highest BCUT2D eigenvalue weighted by Crippen LogP contribution is 2.21. The molecule has 1 aromatic carbocycles. The van der Waals surface area contributed by atoms with E-state index >= 15 is 0 Å². The maximum atomic E-state index is 4.48. The zero-order valence-corrected chi connectivity index (χ0v) is 11.9. The van der Waals surface area contributed by atoms with Gasteiger partial charge in [-0.1, -0.05) is 15.9 Å². The molecule has 4 heteroatoms. The maximum absolute atomic E-state index is 4.48. The molecule has 1 aliphatic rings. The third-order valence-electron chi connectivity index (χ3n) is 3.34. The topological polar surface area (TPSA) is 29.9 Å². The van der Waals surface area contributed by atoms with E-state index in [2.05, 4.69) is 45.4 Å². The second kappa shape index (κ2) is 4.86. The fourth-order valence-electron chi connectivity index (χ4n) is 2.00. The van der Waals surface area contributed by atoms with Gasteiger partial charge in [0.15, 0.2) is 0 Å². The van der Waals surface area contributed by atoms with E-state index in [-0.39, 0.29) is 0 Å². The number of rotatable bonds is 4. The molecule has 1 saturated carbocycles. The van der Waals surface area contributed by atoms with Crippen molar-refractivity contribution in [1.29, 1.82) is 0 Å². The van der Waals surface area contributed by atoms with E-state index < -0.39 is 0 Å². The first-order chi connectivity index (χ1) is 8.74. The van der Waals surface area contributed by atoms with E-state index in [0.29, 0.717) is 0 Å². The SMILES string of the molecule is Cc1c(CNC2CC2)cnn1-c1ccc(Br)cc1. The highest BCUT2D eigenvalue weighted by Gasteiger charge is 2.20. The Bertz CT molecular complexity index is 541. The van der Waals surface area contributed by atoms with Crippen molar-refractivity contribution in [2.75, 3.05) is 0 Å². The average Bonchev–Trinajstić information content (AvgIpc) is 3.13. The Kier molecular flexibility index (Phi) is 3.22. The van der Waals surface area contributed by atoms with Crippen LogP contribution >= 0.6 is 15.9 Å². The minimum atomic E-state index is 0.737. The molecule has 1 aromatic heterocycles. The molecule has 0 radical (unpaired) electrons. The number of nitrogens with zero attached hydrogens (tertiary/aromatic N) is 2. The van der Waals surface area contributed by atoms with Crippen molar-refractivity contribution in [3.8, 4) is 5.69 Å². The molecule has 0 aliphatic heterocycles. The second-order valence-electron chi connectivity index (χ2n) is 4.80. The minimum Gasteiger partial charge on any atom is -0.310 e. The van der Waals surface area contributed by atoms with Gasteiger partial charge in [0.25, 0.3) is 0 Å². The summed E-state index contributed by atoms with van der Waals surface area (Å²) in [6.45, 7) is 3.05. The van der Waals surface area contributed by atoms with E-state index in [1.165, 1.54) is 24.1 Å². The fraction of sp³-hybridized carbons (Fsp3) is 0.357. The van der Waals surface area contributed by atoms with Crippen LogP contribution in [0.2, 0.25) is 0 Å². The summed E-state index contributed by atoms with van der Waals surface area (Å²) in [4.78, 5) is 0. The van der Waals surface area contributed by atoms with E-state index in [1.807, 2.05) is 23.0 Å². The van der Waals surface area contributed by atoms with Crippen LogP contribution in [0.3, 0.4) is 0 Å². The van der Waals surface area contributed by atoms with Crippen LogP contribution in [0.15, 0.2) is 34.9 Å². The fourth-order valence-corrected chi connectivity index (χ4v) is 2.27. The van der Waals surface area contributed by atoms with Gasteiger partial charge in [-0.25, -0.2) is 4.68 Å². The zero-order chi connectivity index (χ0) is 12.5. The first-order valence-corrected chi connectivity index (χ1v) is 7.06. The lowest BCUT2D eigenvalue weighted by Crippen LogP contribution is -2.15. The molecule has 0 bridgehead atoms. The van der Waals surface area contributed by atoms with Gasteiger partial charge in [0, 0.05) is 28.3 Å². The molecule has 18 heavy (non-hydrogen) atoms. The monoisotopic (exact) mass is 305 g/mol. The van der Waals surface area contributed by atoms with Crippen LogP contribution in [0.25, 0.3) is 5.69 Å². The molecule has 0 saturated heterocycles. The number of halogens is 1. The molecule has 1 fully saturated rings. The van der Waals surface area contributed by atoms with Gasteiger partial charge in [-0.05, 0) is 44.0 Å². The van der Waals surface area contributed by atoms with Crippen molar-refractivity contribution in [2.24, 2.45) is 0 Å². The molecule has 3 nitrogen and oxygen atoms in total. The summed E-state index contributed by atoms with van der Waals surface area (Å²) in [5.41, 5.74) is 3.60. The number of benzene rings is 1. The molecule has 0 amide bonds. The van der Waals surface area contributed by atoms with Gasteiger partial charge in [-0.2, -0.15) is 5.10 Å². The first kappa shape index (κ1) is 11.9. The molecular formula is C14H16BrN3. The Morgan fingerprint density at radius 1 is 1.33 bits per heavy atom. The van der Waals surface area contributed by atoms with Gasteiger partial charge < -0.3 is 5.32 Å². The van der Waals surface area contributed by atoms with Gasteiger partial charge in [0.2, 0.25) is 0 Å². The Balaban J connectivity index is 1.81. The summed E-state index contributed by atoms with van der Waals surface area (Å²) in [6.07, 6.45) is 4.60. The third kappa shape index (κ3) is 2.49. The molecule has 1 N–H and O–H groups in total. The van der Waals surface area contributed by atoms with Crippen LogP contribution in [-0.2, 0) is 6.54 Å². The number of nitrogens with one attached hydrogen (secondary N) is 1. The van der Waals surface area contributed by atoms with Gasteiger partial charge in [0.1, 0.15) is 0 Å².